The Morgan fingerprint density at radius 3 is 2.95 bits per heavy atom. The van der Waals surface area contributed by atoms with Crippen molar-refractivity contribution >= 4 is 45.1 Å². The molecule has 0 radical (unpaired) electrons. The first kappa shape index (κ1) is 14.7. The highest BCUT2D eigenvalue weighted by Gasteiger charge is 2.14. The second kappa shape index (κ2) is 6.67. The van der Waals surface area contributed by atoms with E-state index < -0.39 is 0 Å². The predicted octanol–water partition coefficient (Wildman–Crippen LogP) is 3.58. The van der Waals surface area contributed by atoms with E-state index in [4.69, 9.17) is 11.6 Å². The van der Waals surface area contributed by atoms with E-state index in [1.807, 2.05) is 6.92 Å². The van der Waals surface area contributed by atoms with Crippen molar-refractivity contribution in [1.82, 2.24) is 9.97 Å². The van der Waals surface area contributed by atoms with E-state index in [2.05, 4.69) is 36.5 Å². The van der Waals surface area contributed by atoms with E-state index in [-0.39, 0.29) is 10.9 Å². The zero-order valence-corrected chi connectivity index (χ0v) is 13.0. The summed E-state index contributed by atoms with van der Waals surface area (Å²) in [5.41, 5.74) is 0.343. The molecule has 2 rings (SSSR count). The molecule has 5 nitrogen and oxygen atoms in total. The highest BCUT2D eigenvalue weighted by atomic mass is 79.9. The molecule has 0 unspecified atom stereocenters. The average Bonchev–Trinajstić information content (AvgIpc) is 2.43. The molecule has 104 valence electrons. The topological polar surface area (TPSA) is 66.9 Å². The number of nitrogens with zero attached hydrogens (tertiary/aromatic N) is 2. The first-order valence-corrected chi connectivity index (χ1v) is 7.10. The fourth-order valence-corrected chi connectivity index (χ4v) is 2.09. The van der Waals surface area contributed by atoms with E-state index in [0.717, 1.165) is 0 Å². The van der Waals surface area contributed by atoms with Crippen LogP contribution in [0.15, 0.2) is 35.1 Å². The number of anilines is 2. The number of carbonyl (C=O) groups is 1. The molecule has 0 aliphatic rings. The Labute approximate surface area is 129 Å². The number of rotatable bonds is 4. The largest absolute Gasteiger partial charge is 0.370 e. The number of hydrogen-bond donors (Lipinski definition) is 2. The zero-order valence-electron chi connectivity index (χ0n) is 10.7. The summed E-state index contributed by atoms with van der Waals surface area (Å²) >= 11 is 9.33. The van der Waals surface area contributed by atoms with Crippen LogP contribution in [0.25, 0.3) is 0 Å². The maximum atomic E-state index is 12.2. The number of hydrogen-bond acceptors (Lipinski definition) is 4. The fourth-order valence-electron chi connectivity index (χ4n) is 1.54. The lowest BCUT2D eigenvalue weighted by molar-refractivity contribution is 0.102. The van der Waals surface area contributed by atoms with Gasteiger partial charge in [0.15, 0.2) is 0 Å². The van der Waals surface area contributed by atoms with Crippen molar-refractivity contribution in [2.24, 2.45) is 0 Å². The second-order valence-electron chi connectivity index (χ2n) is 3.87. The SMILES string of the molecule is CCNc1cc(C(=O)Nc2ncccc2Br)c(Cl)cn1. The number of nitrogens with one attached hydrogen (secondary N) is 2. The van der Waals surface area contributed by atoms with Crippen molar-refractivity contribution in [3.63, 3.8) is 0 Å². The summed E-state index contributed by atoms with van der Waals surface area (Å²) in [6.45, 7) is 2.66. The normalized spacial score (nSPS) is 10.2. The highest BCUT2D eigenvalue weighted by molar-refractivity contribution is 9.10. The average molecular weight is 356 g/mol. The maximum Gasteiger partial charge on any atom is 0.258 e. The summed E-state index contributed by atoms with van der Waals surface area (Å²) in [5.74, 6) is 0.702. The first-order chi connectivity index (χ1) is 9.61. The third-order valence-electron chi connectivity index (χ3n) is 2.45. The molecule has 20 heavy (non-hydrogen) atoms. The third kappa shape index (κ3) is 3.46. The van der Waals surface area contributed by atoms with Crippen molar-refractivity contribution in [2.45, 2.75) is 6.92 Å². The van der Waals surface area contributed by atoms with Crippen LogP contribution in [0.3, 0.4) is 0 Å². The number of halogens is 2. The second-order valence-corrected chi connectivity index (χ2v) is 5.13. The van der Waals surface area contributed by atoms with Crippen molar-refractivity contribution in [2.75, 3.05) is 17.2 Å². The summed E-state index contributed by atoms with van der Waals surface area (Å²) in [4.78, 5) is 20.4. The van der Waals surface area contributed by atoms with Gasteiger partial charge >= 0.3 is 0 Å². The molecule has 7 heteroatoms. The Bertz CT molecular complexity index is 636. The number of pyridine rings is 2. The molecule has 0 aliphatic carbocycles. The van der Waals surface area contributed by atoms with Gasteiger partial charge in [-0.25, -0.2) is 9.97 Å². The molecule has 1 amide bonds. The minimum absolute atomic E-state index is 0.288. The van der Waals surface area contributed by atoms with Gasteiger partial charge in [0.25, 0.3) is 5.91 Å². The number of aromatic nitrogens is 2. The minimum atomic E-state index is -0.337. The molecule has 2 aromatic rings. The quantitative estimate of drug-likeness (QED) is 0.880. The lowest BCUT2D eigenvalue weighted by Crippen LogP contribution is -2.14. The zero-order chi connectivity index (χ0) is 14.5. The van der Waals surface area contributed by atoms with E-state index in [1.54, 1.807) is 24.4 Å². The fraction of sp³-hybridized carbons (Fsp3) is 0.154. The summed E-state index contributed by atoms with van der Waals surface area (Å²) in [6, 6.07) is 5.17. The monoisotopic (exact) mass is 354 g/mol. The molecule has 0 aliphatic heterocycles. The van der Waals surface area contributed by atoms with Crippen LogP contribution in [0.4, 0.5) is 11.6 Å². The van der Waals surface area contributed by atoms with Crippen LogP contribution in [0.2, 0.25) is 5.02 Å². The minimum Gasteiger partial charge on any atom is -0.370 e. The van der Waals surface area contributed by atoms with Gasteiger partial charge in [0.05, 0.1) is 15.1 Å². The van der Waals surface area contributed by atoms with Gasteiger partial charge in [-0.1, -0.05) is 11.6 Å². The molecule has 0 saturated heterocycles. The Morgan fingerprint density at radius 1 is 1.45 bits per heavy atom. The van der Waals surface area contributed by atoms with E-state index in [9.17, 15) is 4.79 Å². The van der Waals surface area contributed by atoms with Gasteiger partial charge in [-0.05, 0) is 41.1 Å². The molecule has 0 spiro atoms. The van der Waals surface area contributed by atoms with Gasteiger partial charge < -0.3 is 10.6 Å². The van der Waals surface area contributed by atoms with Crippen molar-refractivity contribution in [3.05, 3.63) is 45.7 Å². The Hall–Kier alpha value is -1.66. The number of amides is 1. The molecule has 0 atom stereocenters. The van der Waals surface area contributed by atoms with E-state index in [0.29, 0.717) is 28.2 Å². The van der Waals surface area contributed by atoms with Crippen molar-refractivity contribution in [1.29, 1.82) is 0 Å². The van der Waals surface area contributed by atoms with Gasteiger partial charge in [-0.15, -0.1) is 0 Å². The Kier molecular flexibility index (Phi) is 4.92. The van der Waals surface area contributed by atoms with Crippen LogP contribution in [-0.4, -0.2) is 22.4 Å². The molecule has 0 aromatic carbocycles. The van der Waals surface area contributed by atoms with Crippen LogP contribution >= 0.6 is 27.5 Å². The van der Waals surface area contributed by atoms with Gasteiger partial charge in [0.2, 0.25) is 0 Å². The van der Waals surface area contributed by atoms with Crippen LogP contribution in [-0.2, 0) is 0 Å². The molecule has 0 bridgehead atoms. The third-order valence-corrected chi connectivity index (χ3v) is 3.39. The smallest absolute Gasteiger partial charge is 0.258 e. The van der Waals surface area contributed by atoms with E-state index in [1.165, 1.54) is 6.20 Å². The van der Waals surface area contributed by atoms with Gasteiger partial charge in [-0.2, -0.15) is 0 Å². The molecule has 0 saturated carbocycles. The predicted molar refractivity (Wildman–Crippen MR) is 83.3 cm³/mol. The van der Waals surface area contributed by atoms with Gasteiger partial charge in [0.1, 0.15) is 11.6 Å². The summed E-state index contributed by atoms with van der Waals surface area (Å²) in [7, 11) is 0. The lowest BCUT2D eigenvalue weighted by atomic mass is 10.2. The molecule has 2 N–H and O–H groups in total. The summed E-state index contributed by atoms with van der Waals surface area (Å²) in [5, 5.41) is 6.02. The maximum absolute atomic E-state index is 12.2. The summed E-state index contributed by atoms with van der Waals surface area (Å²) < 4.78 is 0.699. The Balaban J connectivity index is 2.25. The van der Waals surface area contributed by atoms with Crippen LogP contribution in [0, 0.1) is 0 Å². The van der Waals surface area contributed by atoms with Crippen LogP contribution in [0.1, 0.15) is 17.3 Å². The molecule has 0 fully saturated rings. The van der Waals surface area contributed by atoms with Crippen molar-refractivity contribution in [3.8, 4) is 0 Å². The highest BCUT2D eigenvalue weighted by Crippen LogP contribution is 2.22. The first-order valence-electron chi connectivity index (χ1n) is 5.93. The van der Waals surface area contributed by atoms with Gasteiger partial charge in [-0.3, -0.25) is 4.79 Å². The van der Waals surface area contributed by atoms with Crippen LogP contribution < -0.4 is 10.6 Å². The lowest BCUT2D eigenvalue weighted by Gasteiger charge is -2.09. The molecular formula is C13H12BrClN4O. The molecule has 2 aromatic heterocycles. The van der Waals surface area contributed by atoms with Crippen LogP contribution in [0.5, 0.6) is 0 Å². The Morgan fingerprint density at radius 2 is 2.25 bits per heavy atom. The summed E-state index contributed by atoms with van der Waals surface area (Å²) in [6.07, 6.45) is 3.04. The van der Waals surface area contributed by atoms with Gasteiger partial charge in [0, 0.05) is 18.9 Å². The standard InChI is InChI=1S/C13H12BrClN4O/c1-2-16-11-6-8(10(15)7-18-11)13(20)19-12-9(14)4-3-5-17-12/h3-7H,2H2,1H3,(H,16,18)(H,17,19,20). The molecular weight excluding hydrogens is 344 g/mol. The van der Waals surface area contributed by atoms with Crippen molar-refractivity contribution < 1.29 is 4.79 Å². The van der Waals surface area contributed by atoms with E-state index >= 15 is 0 Å². The number of carbonyl (C=O) groups excluding carboxylic acids is 1. The molecule has 2 heterocycles.